The zero-order valence-electron chi connectivity index (χ0n) is 29.6. The number of fused-ring (bicyclic) bond motifs is 7. The Balaban J connectivity index is 1.52. The van der Waals surface area contributed by atoms with Crippen molar-refractivity contribution in [1.29, 1.82) is 0 Å². The van der Waals surface area contributed by atoms with Crippen LogP contribution in [0.4, 0.5) is 27.6 Å². The number of carbonyl (C=O) groups is 2. The lowest BCUT2D eigenvalue weighted by Gasteiger charge is -2.48. The highest BCUT2D eigenvalue weighted by Crippen LogP contribution is 2.53. The summed E-state index contributed by atoms with van der Waals surface area (Å²) >= 11 is 11.5. The van der Waals surface area contributed by atoms with Crippen molar-refractivity contribution in [3.63, 3.8) is 0 Å². The maximum absolute atomic E-state index is 16.9. The molecular weight excluding hydrogens is 934 g/mol. The van der Waals surface area contributed by atoms with Crippen molar-refractivity contribution in [3.8, 4) is 5.75 Å². The molecule has 3 aliphatic rings. The van der Waals surface area contributed by atoms with E-state index in [0.717, 1.165) is 25.2 Å². The molecule has 23 heteroatoms. The Labute approximate surface area is 349 Å². The number of nitrogens with zero attached hydrogens (tertiary/aromatic N) is 1. The average molecular weight is 964 g/mol. The molecule has 3 aliphatic heterocycles. The van der Waals surface area contributed by atoms with Gasteiger partial charge in [-0.2, -0.15) is 21.6 Å². The molecule has 8 nitrogen and oxygen atoms in total. The summed E-state index contributed by atoms with van der Waals surface area (Å²) in [5.74, 6) is -5.94. The Kier molecular flexibility index (Phi) is 12.2. The number of halogens is 5. The molecule has 0 amide bonds. The maximum atomic E-state index is 16.9. The topological polar surface area (TPSA) is 110 Å². The van der Waals surface area contributed by atoms with Gasteiger partial charge >= 0.3 is 21.6 Å². The summed E-state index contributed by atoms with van der Waals surface area (Å²) in [6.45, 7) is 9.53. The van der Waals surface area contributed by atoms with Gasteiger partial charge in [-0.25, -0.2) is 13.6 Å². The van der Waals surface area contributed by atoms with Gasteiger partial charge in [-0.1, -0.05) is 37.4 Å². The quantitative estimate of drug-likeness (QED) is 0.0289. The number of benzene rings is 3. The van der Waals surface area contributed by atoms with E-state index in [1.165, 1.54) is 25.7 Å². The first-order valence-corrected chi connectivity index (χ1v) is 30.7. The normalized spacial score (nSPS) is 19.4. The van der Waals surface area contributed by atoms with E-state index in [-0.39, 0.29) is 33.4 Å². The van der Waals surface area contributed by atoms with E-state index in [1.807, 2.05) is 32.9 Å². The number of alkyl halides is 3. The van der Waals surface area contributed by atoms with Crippen molar-refractivity contribution in [3.05, 3.63) is 88.0 Å². The summed E-state index contributed by atoms with van der Waals surface area (Å²) in [5.41, 5.74) is -5.84. The van der Waals surface area contributed by atoms with Gasteiger partial charge < -0.3 is 18.4 Å². The van der Waals surface area contributed by atoms with E-state index in [1.54, 1.807) is 37.4 Å². The van der Waals surface area contributed by atoms with Crippen LogP contribution >= 0.6 is 50.4 Å². The summed E-state index contributed by atoms with van der Waals surface area (Å²) in [6, 6.07) is 10.6. The fourth-order valence-corrected chi connectivity index (χ4v) is 26.5. The number of anilines is 1. The monoisotopic (exact) mass is 963 g/mol. The van der Waals surface area contributed by atoms with Gasteiger partial charge in [-0.05, 0) is 89.8 Å². The van der Waals surface area contributed by atoms with Gasteiger partial charge in [0.25, 0.3) is 0 Å². The van der Waals surface area contributed by atoms with E-state index in [0.29, 0.717) is 52.1 Å². The standard InChI is InChI=1S/C33H30F5NO7S9Si/c1-17-16-31(2,3)39(12-8-11-26(40)54(47,48)53-52-51-50-49-42)24-15-25-21(13-19(17)24)32(20-10-7-6-9-18(20)30(41)45-32)22-14-23(34)28(27(35)29(22)56(25,4)5)46-55(43,44)33(36,37)38/h6-7,9-10,13-16,42H,8,11-12H2,1-5H3. The minimum absolute atomic E-state index is 0.0852. The van der Waals surface area contributed by atoms with Gasteiger partial charge in [0.15, 0.2) is 17.2 Å². The van der Waals surface area contributed by atoms with Crippen LogP contribution in [0.15, 0.2) is 48.5 Å². The summed E-state index contributed by atoms with van der Waals surface area (Å²) in [4.78, 5) is 28.8. The van der Waals surface area contributed by atoms with Gasteiger partial charge in [-0.3, -0.25) is 4.79 Å². The lowest BCUT2D eigenvalue weighted by Crippen LogP contribution is -2.65. The first-order chi connectivity index (χ1) is 25.9. The number of hydrogen-bond acceptors (Lipinski definition) is 15. The van der Waals surface area contributed by atoms with Crippen LogP contribution < -0.4 is 19.5 Å². The Morgan fingerprint density at radius 2 is 1.70 bits per heavy atom. The van der Waals surface area contributed by atoms with Crippen LogP contribution in [0.3, 0.4) is 0 Å². The summed E-state index contributed by atoms with van der Waals surface area (Å²) in [7, 11) is -5.39. The van der Waals surface area contributed by atoms with E-state index in [9.17, 15) is 31.2 Å². The third-order valence-corrected chi connectivity index (χ3v) is 29.5. The van der Waals surface area contributed by atoms with Crippen molar-refractivity contribution in [2.75, 3.05) is 11.4 Å². The van der Waals surface area contributed by atoms with Gasteiger partial charge in [0, 0.05) is 86.4 Å². The molecule has 1 N–H and O–H groups in total. The van der Waals surface area contributed by atoms with Crippen molar-refractivity contribution in [1.82, 2.24) is 0 Å². The van der Waals surface area contributed by atoms with Gasteiger partial charge in [0.05, 0.1) is 22.2 Å². The molecule has 3 aromatic rings. The molecule has 0 bridgehead atoms. The largest absolute Gasteiger partial charge is 0.534 e. The molecule has 0 fully saturated rings. The lowest BCUT2D eigenvalue weighted by atomic mass is 9.77. The average Bonchev–Trinajstić information content (AvgIpc) is 3.40. The van der Waals surface area contributed by atoms with Crippen molar-refractivity contribution < 1.29 is 53.4 Å². The van der Waals surface area contributed by atoms with E-state index < -0.39 is 64.4 Å². The minimum atomic E-state index is -6.49. The van der Waals surface area contributed by atoms with Crippen molar-refractivity contribution in [2.45, 2.75) is 63.4 Å². The van der Waals surface area contributed by atoms with Crippen molar-refractivity contribution in [2.24, 2.45) is 0 Å². The number of ether oxygens (including phenoxy) is 1. The molecule has 3 aromatic carbocycles. The highest BCUT2D eigenvalue weighted by molar-refractivity contribution is 9.44. The smallest absolute Gasteiger partial charge is 0.441 e. The van der Waals surface area contributed by atoms with Crippen LogP contribution in [-0.4, -0.2) is 49.7 Å². The maximum Gasteiger partial charge on any atom is 0.534 e. The summed E-state index contributed by atoms with van der Waals surface area (Å²) in [6.07, 6.45) is -0.0537. The Hall–Kier alpha value is -1.54. The molecule has 6 rings (SSSR count). The molecule has 0 saturated carbocycles. The Morgan fingerprint density at radius 1 is 1.02 bits per heavy atom. The predicted octanol–water partition coefficient (Wildman–Crippen LogP) is 8.89. The number of allylic oxidation sites excluding steroid dienone is 1. The molecule has 1 spiro atoms. The SMILES string of the molecule is CC1=CC(C)(C)N(CCCC(=O)S(=S)(=S)SSSSSO)c2cc3c(cc21)C1(OC(=O)c2ccccc21)c1cc(F)c(OS(=O)(=O)C(F)(F)F)c(F)c1[Si]3(C)C. The number of esters is 1. The summed E-state index contributed by atoms with van der Waals surface area (Å²) < 4.78 is 116. The molecule has 3 heterocycles. The number of rotatable bonds is 11. The van der Waals surface area contributed by atoms with Crippen LogP contribution in [0.25, 0.3) is 5.57 Å². The third-order valence-electron chi connectivity index (χ3n) is 9.84. The second-order valence-corrected chi connectivity index (χ2v) is 35.2. The molecule has 0 aliphatic carbocycles. The highest BCUT2D eigenvalue weighted by atomic mass is 33.9. The summed E-state index contributed by atoms with van der Waals surface area (Å²) in [5, 5.41) is -0.0710. The van der Waals surface area contributed by atoms with Crippen LogP contribution in [-0.2, 0) is 53.8 Å². The van der Waals surface area contributed by atoms with Crippen LogP contribution in [0, 0.1) is 11.6 Å². The second kappa shape index (κ2) is 15.5. The van der Waals surface area contributed by atoms with Gasteiger partial charge in [-0.15, -0.1) is 0 Å². The predicted molar refractivity (Wildman–Crippen MR) is 229 cm³/mol. The fourth-order valence-electron chi connectivity index (χ4n) is 7.58. The van der Waals surface area contributed by atoms with E-state index in [2.05, 4.69) is 9.08 Å². The van der Waals surface area contributed by atoms with Crippen LogP contribution in [0.5, 0.6) is 5.75 Å². The highest BCUT2D eigenvalue weighted by Gasteiger charge is 2.59. The molecule has 302 valence electrons. The third kappa shape index (κ3) is 7.46. The molecule has 1 atom stereocenters. The number of carbonyl (C=O) groups excluding carboxylic acids is 2. The molecule has 0 aromatic heterocycles. The number of hydrogen-bond donors (Lipinski definition) is 1. The van der Waals surface area contributed by atoms with Crippen LogP contribution in [0.2, 0.25) is 13.1 Å². The molecule has 0 radical (unpaired) electrons. The Bertz CT molecular complexity index is 2430. The van der Waals surface area contributed by atoms with Crippen LogP contribution in [0.1, 0.15) is 66.2 Å². The van der Waals surface area contributed by atoms with Crippen molar-refractivity contribution >= 4 is 130 Å². The van der Waals surface area contributed by atoms with E-state index in [4.69, 9.17) is 31.7 Å². The first-order valence-electron chi connectivity index (χ1n) is 16.2. The molecular formula is C33H30F5NO7S9Si. The zero-order valence-corrected chi connectivity index (χ0v) is 38.0. The Morgan fingerprint density at radius 3 is 2.36 bits per heavy atom. The molecule has 56 heavy (non-hydrogen) atoms. The lowest BCUT2D eigenvalue weighted by molar-refractivity contribution is -0.111. The molecule has 0 saturated heterocycles. The zero-order chi connectivity index (χ0) is 41.4. The second-order valence-electron chi connectivity index (χ2n) is 14.0. The van der Waals surface area contributed by atoms with Gasteiger partial charge in [0.2, 0.25) is 10.9 Å². The van der Waals surface area contributed by atoms with E-state index >= 15 is 8.78 Å². The van der Waals surface area contributed by atoms with Gasteiger partial charge in [0.1, 0.15) is 8.07 Å². The molecule has 1 unspecified atom stereocenters. The minimum Gasteiger partial charge on any atom is -0.441 e. The first kappa shape index (κ1) is 44.0. The fraction of sp³-hybridized carbons (Fsp3) is 0.333.